The number of rotatable bonds is 6. The van der Waals surface area contributed by atoms with Gasteiger partial charge in [0.2, 0.25) is 0 Å². The maximum Gasteiger partial charge on any atom is 0.0613 e. The Kier molecular flexibility index (Phi) is 3.97. The number of thioether (sulfide) groups is 1. The van der Waals surface area contributed by atoms with Crippen LogP contribution in [0.3, 0.4) is 0 Å². The van der Waals surface area contributed by atoms with Gasteiger partial charge < -0.3 is 10.4 Å². The highest BCUT2D eigenvalue weighted by atomic mass is 32.2. The quantitative estimate of drug-likeness (QED) is 0.732. The summed E-state index contributed by atoms with van der Waals surface area (Å²) < 4.78 is 0. The number of hydrogen-bond acceptors (Lipinski definition) is 3. The van der Waals surface area contributed by atoms with Gasteiger partial charge in [-0.3, -0.25) is 0 Å². The van der Waals surface area contributed by atoms with Gasteiger partial charge in [-0.2, -0.15) is 11.8 Å². The smallest absolute Gasteiger partial charge is 0.0613 e. The second-order valence-corrected chi connectivity index (χ2v) is 6.50. The lowest BCUT2D eigenvalue weighted by molar-refractivity contribution is 0.163. The van der Waals surface area contributed by atoms with Crippen LogP contribution < -0.4 is 5.32 Å². The van der Waals surface area contributed by atoms with Gasteiger partial charge in [0, 0.05) is 16.8 Å². The van der Waals surface area contributed by atoms with Crippen LogP contribution in [0, 0.1) is 0 Å². The van der Waals surface area contributed by atoms with Crippen LogP contribution in [0.4, 0.5) is 0 Å². The summed E-state index contributed by atoms with van der Waals surface area (Å²) in [4.78, 5) is 0. The fourth-order valence-electron chi connectivity index (χ4n) is 2.49. The number of nitrogens with one attached hydrogen (secondary N) is 1. The molecule has 0 radical (unpaired) electrons. The second kappa shape index (κ2) is 5.07. The molecule has 2 N–H and O–H groups in total. The Labute approximate surface area is 97.2 Å². The van der Waals surface area contributed by atoms with E-state index in [9.17, 15) is 5.11 Å². The molecule has 88 valence electrons. The highest BCUT2D eigenvalue weighted by molar-refractivity contribution is 7.99. The van der Waals surface area contributed by atoms with Gasteiger partial charge in [-0.05, 0) is 44.3 Å². The molecule has 15 heavy (non-hydrogen) atoms. The molecule has 0 amide bonds. The van der Waals surface area contributed by atoms with Crippen molar-refractivity contribution in [1.29, 1.82) is 0 Å². The lowest BCUT2D eigenvalue weighted by Crippen LogP contribution is -2.47. The summed E-state index contributed by atoms with van der Waals surface area (Å²) in [6, 6.07) is 0.715. The third-order valence-electron chi connectivity index (χ3n) is 3.51. The van der Waals surface area contributed by atoms with Crippen LogP contribution in [0.25, 0.3) is 0 Å². The Morgan fingerprint density at radius 1 is 1.40 bits per heavy atom. The van der Waals surface area contributed by atoms with E-state index in [1.807, 2.05) is 0 Å². The van der Waals surface area contributed by atoms with Crippen molar-refractivity contribution in [3.8, 4) is 0 Å². The molecule has 2 nitrogen and oxygen atoms in total. The van der Waals surface area contributed by atoms with E-state index in [-0.39, 0.29) is 5.54 Å². The van der Waals surface area contributed by atoms with Gasteiger partial charge in [-0.15, -0.1) is 0 Å². The molecule has 0 heterocycles. The molecule has 0 bridgehead atoms. The first-order valence-electron chi connectivity index (χ1n) is 6.28. The predicted octanol–water partition coefficient (Wildman–Crippen LogP) is 2.17. The van der Waals surface area contributed by atoms with Gasteiger partial charge in [-0.1, -0.05) is 6.92 Å². The van der Waals surface area contributed by atoms with Crippen LogP contribution in [-0.2, 0) is 0 Å². The van der Waals surface area contributed by atoms with Crippen molar-refractivity contribution in [1.82, 2.24) is 5.32 Å². The molecule has 2 aliphatic carbocycles. The summed E-state index contributed by atoms with van der Waals surface area (Å²) >= 11 is 2.10. The summed E-state index contributed by atoms with van der Waals surface area (Å²) in [5, 5.41) is 14.0. The first-order chi connectivity index (χ1) is 7.28. The van der Waals surface area contributed by atoms with E-state index in [1.54, 1.807) is 0 Å². The van der Waals surface area contributed by atoms with Crippen LogP contribution in [0.5, 0.6) is 0 Å². The Morgan fingerprint density at radius 2 is 2.20 bits per heavy atom. The highest BCUT2D eigenvalue weighted by Gasteiger charge is 2.41. The van der Waals surface area contributed by atoms with E-state index in [2.05, 4.69) is 24.0 Å². The SMILES string of the molecule is CCCSC1CCC(CO)(NC2CC2)C1. The maximum absolute atomic E-state index is 9.56. The molecule has 0 aromatic heterocycles. The minimum Gasteiger partial charge on any atom is -0.394 e. The second-order valence-electron chi connectivity index (χ2n) is 5.09. The van der Waals surface area contributed by atoms with Crippen molar-refractivity contribution in [3.63, 3.8) is 0 Å². The van der Waals surface area contributed by atoms with E-state index in [1.165, 1.54) is 44.3 Å². The molecule has 0 aromatic rings. The molecule has 2 aliphatic rings. The summed E-state index contributed by atoms with van der Waals surface area (Å²) in [7, 11) is 0. The van der Waals surface area contributed by atoms with Crippen molar-refractivity contribution in [3.05, 3.63) is 0 Å². The number of aliphatic hydroxyl groups is 1. The van der Waals surface area contributed by atoms with Crippen molar-refractivity contribution >= 4 is 11.8 Å². The fourth-order valence-corrected chi connectivity index (χ4v) is 3.78. The van der Waals surface area contributed by atoms with Gasteiger partial charge in [0.1, 0.15) is 0 Å². The molecule has 3 heteroatoms. The molecule has 2 atom stereocenters. The molecule has 0 aliphatic heterocycles. The van der Waals surface area contributed by atoms with Crippen LogP contribution in [0.2, 0.25) is 0 Å². The molecule has 2 unspecified atom stereocenters. The molecule has 0 aromatic carbocycles. The lowest BCUT2D eigenvalue weighted by atomic mass is 9.99. The van der Waals surface area contributed by atoms with Gasteiger partial charge in [0.15, 0.2) is 0 Å². The van der Waals surface area contributed by atoms with E-state index in [0.29, 0.717) is 12.6 Å². The summed E-state index contributed by atoms with van der Waals surface area (Å²) in [6.07, 6.45) is 7.52. The van der Waals surface area contributed by atoms with Gasteiger partial charge >= 0.3 is 0 Å². The largest absolute Gasteiger partial charge is 0.394 e. The van der Waals surface area contributed by atoms with Crippen LogP contribution in [0.15, 0.2) is 0 Å². The zero-order chi connectivity index (χ0) is 10.7. The van der Waals surface area contributed by atoms with E-state index < -0.39 is 0 Å². The van der Waals surface area contributed by atoms with Crippen LogP contribution in [0.1, 0.15) is 45.4 Å². The molecular formula is C12H23NOS. The Hall–Kier alpha value is 0.270. The minimum atomic E-state index is 0.0760. The maximum atomic E-state index is 9.56. The van der Waals surface area contributed by atoms with Gasteiger partial charge in [-0.25, -0.2) is 0 Å². The average molecular weight is 229 g/mol. The first-order valence-corrected chi connectivity index (χ1v) is 7.33. The monoisotopic (exact) mass is 229 g/mol. The average Bonchev–Trinajstić information content (AvgIpc) is 2.96. The van der Waals surface area contributed by atoms with Crippen LogP contribution >= 0.6 is 11.8 Å². The van der Waals surface area contributed by atoms with E-state index in [4.69, 9.17) is 0 Å². The van der Waals surface area contributed by atoms with Crippen molar-refractivity contribution in [2.45, 2.75) is 62.3 Å². The molecule has 0 spiro atoms. The minimum absolute atomic E-state index is 0.0760. The first kappa shape index (κ1) is 11.7. The van der Waals surface area contributed by atoms with Crippen molar-refractivity contribution in [2.75, 3.05) is 12.4 Å². The summed E-state index contributed by atoms with van der Waals surface area (Å²) in [5.41, 5.74) is 0.0760. The topological polar surface area (TPSA) is 32.3 Å². The van der Waals surface area contributed by atoms with Crippen molar-refractivity contribution in [2.24, 2.45) is 0 Å². The molecule has 0 saturated heterocycles. The zero-order valence-corrected chi connectivity index (χ0v) is 10.5. The summed E-state index contributed by atoms with van der Waals surface area (Å²) in [6.45, 7) is 2.57. The molecule has 2 rings (SSSR count). The number of aliphatic hydroxyl groups excluding tert-OH is 1. The Balaban J connectivity index is 1.80. The zero-order valence-electron chi connectivity index (χ0n) is 9.67. The molecule has 2 saturated carbocycles. The third-order valence-corrected chi connectivity index (χ3v) is 5.03. The van der Waals surface area contributed by atoms with E-state index in [0.717, 1.165) is 5.25 Å². The predicted molar refractivity (Wildman–Crippen MR) is 66.4 cm³/mol. The van der Waals surface area contributed by atoms with E-state index >= 15 is 0 Å². The van der Waals surface area contributed by atoms with Gasteiger partial charge in [0.25, 0.3) is 0 Å². The molecule has 2 fully saturated rings. The molecular weight excluding hydrogens is 206 g/mol. The normalized spacial score (nSPS) is 36.0. The van der Waals surface area contributed by atoms with Gasteiger partial charge in [0.05, 0.1) is 6.61 Å². The third kappa shape index (κ3) is 3.11. The Bertz CT molecular complexity index is 208. The Morgan fingerprint density at radius 3 is 2.80 bits per heavy atom. The standard InChI is InChI=1S/C12H23NOS/c1-2-7-15-11-5-6-12(8-11,9-14)13-10-3-4-10/h10-11,13-14H,2-9H2,1H3. The number of hydrogen-bond donors (Lipinski definition) is 2. The fraction of sp³-hybridized carbons (Fsp3) is 1.00. The summed E-state index contributed by atoms with van der Waals surface area (Å²) in [5.74, 6) is 1.27. The lowest BCUT2D eigenvalue weighted by Gasteiger charge is -2.28. The van der Waals surface area contributed by atoms with Crippen molar-refractivity contribution < 1.29 is 5.11 Å². The van der Waals surface area contributed by atoms with Crippen LogP contribution in [-0.4, -0.2) is 34.3 Å². The highest BCUT2D eigenvalue weighted by Crippen LogP contribution is 2.39.